The Hall–Kier alpha value is -2.75. The van der Waals surface area contributed by atoms with E-state index in [9.17, 15) is 0 Å². The van der Waals surface area contributed by atoms with Crippen molar-refractivity contribution in [1.29, 1.82) is 0 Å². The van der Waals surface area contributed by atoms with Crippen LogP contribution in [0.5, 0.6) is 0 Å². The molecule has 0 N–H and O–H groups in total. The van der Waals surface area contributed by atoms with Crippen molar-refractivity contribution in [2.45, 2.75) is 65.2 Å². The van der Waals surface area contributed by atoms with Crippen LogP contribution in [0.15, 0.2) is 61.1 Å². The molecule has 0 saturated heterocycles. The summed E-state index contributed by atoms with van der Waals surface area (Å²) < 4.78 is 0. The zero-order valence-electron chi connectivity index (χ0n) is 18.3. The zero-order chi connectivity index (χ0) is 20.9. The summed E-state index contributed by atoms with van der Waals surface area (Å²) in [6, 6.07) is 14.4. The Balaban J connectivity index is 2.01. The van der Waals surface area contributed by atoms with Gasteiger partial charge in [0.2, 0.25) is 0 Å². The van der Waals surface area contributed by atoms with E-state index in [2.05, 4.69) is 63.9 Å². The van der Waals surface area contributed by atoms with Crippen molar-refractivity contribution >= 4 is 17.5 Å². The first-order valence-electron chi connectivity index (χ1n) is 10.7. The van der Waals surface area contributed by atoms with Crippen molar-refractivity contribution in [3.8, 4) is 0 Å². The average molecular weight is 389 g/mol. The lowest BCUT2D eigenvalue weighted by Crippen LogP contribution is -2.20. The highest BCUT2D eigenvalue weighted by Gasteiger charge is 2.23. The largest absolute Gasteiger partial charge is 0.262 e. The van der Waals surface area contributed by atoms with Crippen LogP contribution in [0.25, 0.3) is 0 Å². The van der Waals surface area contributed by atoms with Gasteiger partial charge in [-0.05, 0) is 66.0 Å². The number of hydrogen-bond acceptors (Lipinski definition) is 4. The summed E-state index contributed by atoms with van der Waals surface area (Å²) >= 11 is 0. The fourth-order valence-corrected chi connectivity index (χ4v) is 3.43. The van der Waals surface area contributed by atoms with Gasteiger partial charge >= 0.3 is 0 Å². The topological polar surface area (TPSA) is 41.9 Å². The van der Waals surface area contributed by atoms with Gasteiger partial charge < -0.3 is 0 Å². The molecule has 0 aromatic carbocycles. The van der Waals surface area contributed by atoms with Crippen LogP contribution in [0.3, 0.4) is 0 Å². The molecule has 0 amide bonds. The molecule has 1 atom stereocenters. The van der Waals surface area contributed by atoms with Gasteiger partial charge in [0.05, 0.1) is 0 Å². The van der Waals surface area contributed by atoms with E-state index in [1.807, 2.05) is 35.5 Å². The molecule has 0 spiro atoms. The normalized spacial score (nSPS) is 12.6. The minimum Gasteiger partial charge on any atom is -0.262 e. The summed E-state index contributed by atoms with van der Waals surface area (Å²) in [6.45, 7) is 11.2. The first kappa shape index (κ1) is 21.0. The molecule has 0 aliphatic rings. The predicted molar refractivity (Wildman–Crippen MR) is 121 cm³/mol. The highest BCUT2D eigenvalue weighted by atomic mass is 15.3. The number of rotatable bonds is 8. The minimum absolute atomic E-state index is 0.150. The van der Waals surface area contributed by atoms with Crippen LogP contribution in [-0.4, -0.2) is 15.0 Å². The third-order valence-electron chi connectivity index (χ3n) is 6.29. The molecule has 0 aliphatic carbocycles. The smallest absolute Gasteiger partial charge is 0.139 e. The Bertz CT molecular complexity index is 884. The molecule has 3 rings (SSSR count). The number of nitrogens with zero attached hydrogens (tertiary/aromatic N) is 4. The summed E-state index contributed by atoms with van der Waals surface area (Å²) in [6.07, 6.45) is 9.06. The van der Waals surface area contributed by atoms with Crippen LogP contribution in [-0.2, 0) is 5.41 Å². The second kappa shape index (κ2) is 9.17. The molecule has 152 valence electrons. The van der Waals surface area contributed by atoms with Gasteiger partial charge in [-0.1, -0.05) is 52.8 Å². The highest BCUT2D eigenvalue weighted by Crippen LogP contribution is 2.34. The van der Waals surface area contributed by atoms with Crippen molar-refractivity contribution in [2.75, 3.05) is 4.90 Å². The maximum atomic E-state index is 4.81. The Kier molecular flexibility index (Phi) is 6.63. The molecule has 29 heavy (non-hydrogen) atoms. The lowest BCUT2D eigenvalue weighted by atomic mass is 9.79. The summed E-state index contributed by atoms with van der Waals surface area (Å²) in [5.74, 6) is 2.96. The van der Waals surface area contributed by atoms with E-state index < -0.39 is 0 Å². The van der Waals surface area contributed by atoms with Gasteiger partial charge in [-0.2, -0.15) is 0 Å². The van der Waals surface area contributed by atoms with E-state index in [1.165, 1.54) is 11.1 Å². The molecule has 3 heterocycles. The predicted octanol–water partition coefficient (Wildman–Crippen LogP) is 6.93. The summed E-state index contributed by atoms with van der Waals surface area (Å²) in [7, 11) is 0. The van der Waals surface area contributed by atoms with E-state index >= 15 is 0 Å². The van der Waals surface area contributed by atoms with Crippen molar-refractivity contribution in [1.82, 2.24) is 15.0 Å². The quantitative estimate of drug-likeness (QED) is 0.419. The third-order valence-corrected chi connectivity index (χ3v) is 6.29. The van der Waals surface area contributed by atoms with Gasteiger partial charge in [-0.3, -0.25) is 4.90 Å². The maximum Gasteiger partial charge on any atom is 0.139 e. The van der Waals surface area contributed by atoms with Crippen LogP contribution in [0.1, 0.15) is 70.9 Å². The highest BCUT2D eigenvalue weighted by molar-refractivity contribution is 5.69. The maximum absolute atomic E-state index is 4.81. The Morgan fingerprint density at radius 3 is 1.97 bits per heavy atom. The molecule has 0 saturated carbocycles. The average Bonchev–Trinajstić information content (AvgIpc) is 2.80. The number of anilines is 3. The molecule has 0 radical (unpaired) electrons. The van der Waals surface area contributed by atoms with Gasteiger partial charge in [0.1, 0.15) is 17.5 Å². The van der Waals surface area contributed by atoms with Crippen molar-refractivity contribution in [3.63, 3.8) is 0 Å². The molecule has 0 aliphatic heterocycles. The molecule has 4 nitrogen and oxygen atoms in total. The SMILES string of the molecule is CCC(C)c1ccc(N(c2ccccn2)c2ccc(C(C)(CC)CC)cn2)nc1. The van der Waals surface area contributed by atoms with Gasteiger partial charge in [0.25, 0.3) is 0 Å². The third kappa shape index (κ3) is 4.47. The van der Waals surface area contributed by atoms with Crippen molar-refractivity contribution in [3.05, 3.63) is 72.2 Å². The van der Waals surface area contributed by atoms with E-state index in [4.69, 9.17) is 9.97 Å². The number of hydrogen-bond donors (Lipinski definition) is 0. The van der Waals surface area contributed by atoms with Crippen molar-refractivity contribution < 1.29 is 0 Å². The number of pyridine rings is 3. The van der Waals surface area contributed by atoms with Gasteiger partial charge in [0.15, 0.2) is 0 Å². The monoisotopic (exact) mass is 388 g/mol. The lowest BCUT2D eigenvalue weighted by molar-refractivity contribution is 0.437. The summed E-state index contributed by atoms with van der Waals surface area (Å²) in [5, 5.41) is 0. The summed E-state index contributed by atoms with van der Waals surface area (Å²) in [5.41, 5.74) is 2.67. The van der Waals surface area contributed by atoms with E-state index in [0.29, 0.717) is 5.92 Å². The molecule has 0 bridgehead atoms. The van der Waals surface area contributed by atoms with Gasteiger partial charge in [-0.25, -0.2) is 15.0 Å². The molecular weight excluding hydrogens is 356 g/mol. The number of aromatic nitrogens is 3. The van der Waals surface area contributed by atoms with Crippen LogP contribution in [0, 0.1) is 0 Å². The summed E-state index contributed by atoms with van der Waals surface area (Å²) in [4.78, 5) is 16.1. The molecule has 0 fully saturated rings. The fraction of sp³-hybridized carbons (Fsp3) is 0.400. The van der Waals surface area contributed by atoms with Crippen LogP contribution < -0.4 is 4.90 Å². The minimum atomic E-state index is 0.150. The van der Waals surface area contributed by atoms with Crippen molar-refractivity contribution in [2.24, 2.45) is 0 Å². The van der Waals surface area contributed by atoms with Crippen LogP contribution >= 0.6 is 0 Å². The second-order valence-corrected chi connectivity index (χ2v) is 7.96. The van der Waals surface area contributed by atoms with Gasteiger partial charge in [-0.15, -0.1) is 0 Å². The van der Waals surface area contributed by atoms with E-state index in [-0.39, 0.29) is 5.41 Å². The fourth-order valence-electron chi connectivity index (χ4n) is 3.43. The Morgan fingerprint density at radius 1 is 0.828 bits per heavy atom. The first-order valence-corrected chi connectivity index (χ1v) is 10.7. The van der Waals surface area contributed by atoms with E-state index in [1.54, 1.807) is 6.20 Å². The standard InChI is InChI=1S/C25H32N4/c1-6-19(4)20-12-14-23(27-17-20)29(22-11-9-10-16-26-22)24-15-13-21(18-28-24)25(5,7-2)8-3/h9-19H,6-8H2,1-5H3. The molecule has 4 heteroatoms. The zero-order valence-corrected chi connectivity index (χ0v) is 18.3. The lowest BCUT2D eigenvalue weighted by Gasteiger charge is -2.28. The molecule has 1 unspecified atom stereocenters. The van der Waals surface area contributed by atoms with Crippen LogP contribution in [0.2, 0.25) is 0 Å². The molecule has 3 aromatic rings. The van der Waals surface area contributed by atoms with Crippen LogP contribution in [0.4, 0.5) is 17.5 Å². The Labute approximate surface area is 175 Å². The second-order valence-electron chi connectivity index (χ2n) is 7.96. The molecule has 3 aromatic heterocycles. The Morgan fingerprint density at radius 2 is 1.48 bits per heavy atom. The van der Waals surface area contributed by atoms with E-state index in [0.717, 1.165) is 36.7 Å². The first-order chi connectivity index (χ1) is 14.0. The molecular formula is C25H32N4. The van der Waals surface area contributed by atoms with Gasteiger partial charge in [0, 0.05) is 18.6 Å².